The Morgan fingerprint density at radius 1 is 0.841 bits per heavy atom. The third kappa shape index (κ3) is 8.03. The van der Waals surface area contributed by atoms with Crippen molar-refractivity contribution in [2.45, 2.75) is 89.2 Å². The van der Waals surface area contributed by atoms with Gasteiger partial charge in [-0.2, -0.15) is 0 Å². The fraction of sp³-hybridized carbons (Fsp3) is 0.423. The fourth-order valence-electron chi connectivity index (χ4n) is 11.5. The number of imide groups is 2. The number of carbonyl (C=O) groups is 5. The Morgan fingerprint density at radius 2 is 1.65 bits per heavy atom. The molecule has 69 heavy (non-hydrogen) atoms. The molecule has 3 saturated heterocycles. The smallest absolute Gasteiger partial charge is 0.274 e. The second-order valence-corrected chi connectivity index (χ2v) is 20.9. The number of amides is 5. The van der Waals surface area contributed by atoms with Crippen molar-refractivity contribution in [3.05, 3.63) is 115 Å². The van der Waals surface area contributed by atoms with E-state index in [0.29, 0.717) is 52.0 Å². The fourth-order valence-corrected chi connectivity index (χ4v) is 12.9. The van der Waals surface area contributed by atoms with Gasteiger partial charge in [-0.1, -0.05) is 13.0 Å². The second-order valence-electron chi connectivity index (χ2n) is 19.8. The average molecular weight is 950 g/mol. The molecule has 2 atom stereocenters. The van der Waals surface area contributed by atoms with Crippen LogP contribution >= 0.6 is 11.3 Å². The van der Waals surface area contributed by atoms with E-state index in [1.54, 1.807) is 53.9 Å². The van der Waals surface area contributed by atoms with Crippen LogP contribution in [0.15, 0.2) is 65.8 Å². The van der Waals surface area contributed by atoms with Gasteiger partial charge in [0, 0.05) is 79.9 Å². The first-order valence-corrected chi connectivity index (χ1v) is 25.0. The predicted molar refractivity (Wildman–Crippen MR) is 261 cm³/mol. The zero-order chi connectivity index (χ0) is 47.7. The van der Waals surface area contributed by atoms with Gasteiger partial charge in [0.15, 0.2) is 0 Å². The maximum atomic E-state index is 14.0. The van der Waals surface area contributed by atoms with E-state index in [2.05, 4.69) is 38.4 Å². The molecule has 3 fully saturated rings. The van der Waals surface area contributed by atoms with Crippen molar-refractivity contribution >= 4 is 63.9 Å². The predicted octanol–water partition coefficient (Wildman–Crippen LogP) is 5.50. The molecule has 356 valence electrons. The molecule has 1 aromatic carbocycles. The zero-order valence-corrected chi connectivity index (χ0v) is 39.7. The number of benzene rings is 1. The number of hydrogen-bond donors (Lipinski definition) is 3. The number of likely N-dealkylation sites (tertiary alicyclic amines) is 1. The average Bonchev–Trinajstić information content (AvgIpc) is 4.05. The number of aliphatic hydroxyl groups excluding tert-OH is 1. The first-order valence-electron chi connectivity index (χ1n) is 24.2. The minimum absolute atomic E-state index is 0.0670. The molecule has 11 rings (SSSR count). The standard InChI is InChI=1S/C52H55N9O7S/c1-52(16-21-58(22-17-52)26-30-14-19-59(27-30)33-8-9-37-38(24-33)49(66)61(48(37)65)41-10-12-44(63)56-47(41)64)32-7-11-43(54-25-32)55-40-23-31(28-57(2)50(40)67)34-13-18-53-46(39(34)29-62)60-20-15-36-35-5-3-4-6-42(35)69-45(36)51(60)68/h7-9,11,13,18,23-25,28,30,41,62H,3-6,10,12,14-17,19-22,26-27,29H2,1-2H3,(H,54,55)(H,56,63,64)/t30-,41?/m0/s1. The lowest BCUT2D eigenvalue weighted by molar-refractivity contribution is -0.136. The topological polar surface area (TPSA) is 190 Å². The summed E-state index contributed by atoms with van der Waals surface area (Å²) in [5.74, 6) is -0.652. The molecule has 0 spiro atoms. The Labute approximate surface area is 403 Å². The molecule has 0 radical (unpaired) electrons. The number of nitrogens with zero attached hydrogens (tertiary/aromatic N) is 7. The third-order valence-electron chi connectivity index (χ3n) is 15.5. The van der Waals surface area contributed by atoms with Gasteiger partial charge in [0.25, 0.3) is 23.3 Å². The van der Waals surface area contributed by atoms with E-state index in [9.17, 15) is 33.9 Å². The summed E-state index contributed by atoms with van der Waals surface area (Å²) in [4.78, 5) is 97.5. The van der Waals surface area contributed by atoms with Gasteiger partial charge in [-0.15, -0.1) is 11.3 Å². The van der Waals surface area contributed by atoms with Crippen LogP contribution in [-0.2, 0) is 47.9 Å². The molecule has 0 saturated carbocycles. The van der Waals surface area contributed by atoms with Crippen LogP contribution in [-0.4, -0.2) is 104 Å². The van der Waals surface area contributed by atoms with E-state index in [4.69, 9.17) is 4.98 Å². The molecular weight excluding hydrogens is 895 g/mol. The highest BCUT2D eigenvalue weighted by molar-refractivity contribution is 7.14. The molecule has 5 aliphatic heterocycles. The molecule has 0 bridgehead atoms. The molecule has 3 N–H and O–H groups in total. The number of anilines is 4. The number of carbonyl (C=O) groups excluding carboxylic acids is 5. The van der Waals surface area contributed by atoms with Crippen molar-refractivity contribution in [1.29, 1.82) is 0 Å². The highest BCUT2D eigenvalue weighted by Gasteiger charge is 2.45. The van der Waals surface area contributed by atoms with Gasteiger partial charge >= 0.3 is 0 Å². The summed E-state index contributed by atoms with van der Waals surface area (Å²) in [5.41, 5.74) is 7.12. The SMILES string of the molecule is Cn1cc(-c2ccnc(N3CCc4c(sc5c4CCCC5)C3=O)c2CO)cc(Nc2ccc(C3(C)CCN(C[C@@H]4CCN(c5ccc6c(c5)C(=O)N(C5CCC(=O)NC5=O)C6=O)C4)CC3)cn2)c1=O. The first-order chi connectivity index (χ1) is 33.4. The lowest BCUT2D eigenvalue weighted by atomic mass is 9.75. The van der Waals surface area contributed by atoms with Crippen LogP contribution in [0.2, 0.25) is 0 Å². The van der Waals surface area contributed by atoms with Crippen molar-refractivity contribution in [2.24, 2.45) is 13.0 Å². The molecule has 4 aromatic heterocycles. The van der Waals surface area contributed by atoms with Gasteiger partial charge < -0.3 is 24.8 Å². The monoisotopic (exact) mass is 949 g/mol. The maximum Gasteiger partial charge on any atom is 0.274 e. The Morgan fingerprint density at radius 3 is 2.43 bits per heavy atom. The molecule has 16 nitrogen and oxygen atoms in total. The van der Waals surface area contributed by atoms with E-state index < -0.39 is 29.7 Å². The number of aromatic nitrogens is 3. The Bertz CT molecular complexity index is 3010. The Balaban J connectivity index is 0.716. The summed E-state index contributed by atoms with van der Waals surface area (Å²) in [6, 6.07) is 12.0. The van der Waals surface area contributed by atoms with E-state index in [1.165, 1.54) is 20.6 Å². The van der Waals surface area contributed by atoms with Crippen molar-refractivity contribution in [1.82, 2.24) is 29.7 Å². The van der Waals surface area contributed by atoms with Gasteiger partial charge in [-0.25, -0.2) is 9.97 Å². The van der Waals surface area contributed by atoms with Crippen molar-refractivity contribution in [3.63, 3.8) is 0 Å². The number of aliphatic hydroxyl groups is 1. The van der Waals surface area contributed by atoms with Crippen molar-refractivity contribution < 1.29 is 29.1 Å². The van der Waals surface area contributed by atoms with Crippen LogP contribution in [0.25, 0.3) is 11.1 Å². The lowest BCUT2D eigenvalue weighted by Crippen LogP contribution is -2.54. The number of fused-ring (bicyclic) bond motifs is 4. The van der Waals surface area contributed by atoms with Crippen LogP contribution in [0.1, 0.15) is 109 Å². The molecular formula is C52H55N9O7S. The highest BCUT2D eigenvalue weighted by atomic mass is 32.1. The largest absolute Gasteiger partial charge is 0.392 e. The molecule has 1 aliphatic carbocycles. The van der Waals surface area contributed by atoms with Crippen LogP contribution in [0.5, 0.6) is 0 Å². The van der Waals surface area contributed by atoms with Crippen LogP contribution in [0.4, 0.5) is 23.0 Å². The highest BCUT2D eigenvalue weighted by Crippen LogP contribution is 2.41. The van der Waals surface area contributed by atoms with Crippen molar-refractivity contribution in [2.75, 3.05) is 54.4 Å². The van der Waals surface area contributed by atoms with Gasteiger partial charge in [0.2, 0.25) is 11.8 Å². The summed E-state index contributed by atoms with van der Waals surface area (Å²) < 4.78 is 1.51. The van der Waals surface area contributed by atoms with Gasteiger partial charge in [0.1, 0.15) is 23.4 Å². The van der Waals surface area contributed by atoms with Crippen LogP contribution in [0, 0.1) is 5.92 Å². The number of nitrogens with one attached hydrogen (secondary N) is 2. The lowest BCUT2D eigenvalue weighted by Gasteiger charge is -2.40. The molecule has 5 amide bonds. The van der Waals surface area contributed by atoms with Crippen molar-refractivity contribution in [3.8, 4) is 11.1 Å². The van der Waals surface area contributed by atoms with Gasteiger partial charge in [0.05, 0.1) is 22.6 Å². The van der Waals surface area contributed by atoms with E-state index >= 15 is 0 Å². The molecule has 9 heterocycles. The minimum Gasteiger partial charge on any atom is -0.392 e. The minimum atomic E-state index is -0.988. The second kappa shape index (κ2) is 17.8. The first kappa shape index (κ1) is 44.9. The molecule has 5 aromatic rings. The van der Waals surface area contributed by atoms with E-state index in [-0.39, 0.29) is 41.9 Å². The van der Waals surface area contributed by atoms with E-state index in [0.717, 1.165) is 105 Å². The number of pyridine rings is 3. The number of piperidine rings is 2. The summed E-state index contributed by atoms with van der Waals surface area (Å²) in [6.45, 7) is 6.96. The number of hydrogen-bond acceptors (Lipinski definition) is 13. The summed E-state index contributed by atoms with van der Waals surface area (Å²) >= 11 is 1.62. The van der Waals surface area contributed by atoms with Crippen LogP contribution in [0.3, 0.4) is 0 Å². The molecule has 1 unspecified atom stereocenters. The Kier molecular flexibility index (Phi) is 11.6. The van der Waals surface area contributed by atoms with Gasteiger partial charge in [-0.3, -0.25) is 43.9 Å². The summed E-state index contributed by atoms with van der Waals surface area (Å²) in [6.07, 6.45) is 13.6. The van der Waals surface area contributed by atoms with Gasteiger partial charge in [-0.05, 0) is 141 Å². The third-order valence-corrected chi connectivity index (χ3v) is 16.8. The number of rotatable bonds is 10. The normalized spacial score (nSPS) is 21.4. The molecule has 17 heteroatoms. The Hall–Kier alpha value is -6.56. The quantitative estimate of drug-likeness (QED) is 0.149. The maximum absolute atomic E-state index is 14.0. The molecule has 6 aliphatic rings. The number of aryl methyl sites for hydroxylation is 2. The summed E-state index contributed by atoms with van der Waals surface area (Å²) in [5, 5.41) is 16.3. The van der Waals surface area contributed by atoms with E-state index in [1.807, 2.05) is 24.4 Å². The zero-order valence-electron chi connectivity index (χ0n) is 38.9. The van der Waals surface area contributed by atoms with Crippen LogP contribution < -0.4 is 26.0 Å². The number of thiophene rings is 1. The summed E-state index contributed by atoms with van der Waals surface area (Å²) in [7, 11) is 1.70.